The Hall–Kier alpha value is -2.74. The summed E-state index contributed by atoms with van der Waals surface area (Å²) < 4.78 is 0. The van der Waals surface area contributed by atoms with Crippen LogP contribution >= 0.6 is 0 Å². The van der Waals surface area contributed by atoms with Gasteiger partial charge in [0.2, 0.25) is 0 Å². The van der Waals surface area contributed by atoms with E-state index in [4.69, 9.17) is 0 Å². The van der Waals surface area contributed by atoms with E-state index in [0.717, 1.165) is 17.8 Å². The van der Waals surface area contributed by atoms with Gasteiger partial charge in [0.1, 0.15) is 6.17 Å². The smallest absolute Gasteiger partial charge is 0.117 e. The summed E-state index contributed by atoms with van der Waals surface area (Å²) in [4.78, 5) is 4.98. The fourth-order valence-corrected chi connectivity index (χ4v) is 5.49. The molecule has 27 heavy (non-hydrogen) atoms. The van der Waals surface area contributed by atoms with Gasteiger partial charge in [0, 0.05) is 22.2 Å². The van der Waals surface area contributed by atoms with Crippen molar-refractivity contribution < 1.29 is 0 Å². The molecule has 1 saturated carbocycles. The lowest BCUT2D eigenvalue weighted by Crippen LogP contribution is -2.51. The van der Waals surface area contributed by atoms with E-state index in [1.54, 1.807) is 0 Å². The molecule has 2 heterocycles. The molecule has 1 aromatic carbocycles. The van der Waals surface area contributed by atoms with E-state index in [1.807, 2.05) is 12.2 Å². The molecule has 3 atom stereocenters. The number of hydrogen-bond donors (Lipinski definition) is 0. The van der Waals surface area contributed by atoms with Gasteiger partial charge in [-0.3, -0.25) is 0 Å². The minimum atomic E-state index is 0.172. The topological polar surface area (TPSA) is 6.48 Å². The highest BCUT2D eigenvalue weighted by atomic mass is 15.4. The first-order chi connectivity index (χ1) is 13.1. The van der Waals surface area contributed by atoms with Crippen LogP contribution in [-0.2, 0) is 5.41 Å². The third kappa shape index (κ3) is 1.91. The molecule has 2 heteroatoms. The lowest BCUT2D eigenvalue weighted by Gasteiger charge is -2.45. The van der Waals surface area contributed by atoms with Crippen molar-refractivity contribution in [1.82, 2.24) is 4.90 Å². The highest BCUT2D eigenvalue weighted by Gasteiger charge is 2.72. The van der Waals surface area contributed by atoms with Gasteiger partial charge in [0.25, 0.3) is 0 Å². The van der Waals surface area contributed by atoms with Gasteiger partial charge in [-0.2, -0.15) is 0 Å². The SMILES string of the molecule is C=CC1=C(C=C)N2c3ccccc3C3(C)CC3(C)C2N1C1=CC=CCC=C1. The summed E-state index contributed by atoms with van der Waals surface area (Å²) in [6.07, 6.45) is 17.4. The lowest BCUT2D eigenvalue weighted by atomic mass is 9.81. The van der Waals surface area contributed by atoms with Gasteiger partial charge in [-0.15, -0.1) is 0 Å². The minimum Gasteiger partial charge on any atom is -0.318 e. The molecule has 2 aliphatic carbocycles. The highest BCUT2D eigenvalue weighted by Crippen LogP contribution is 2.73. The molecule has 136 valence electrons. The molecule has 0 saturated heterocycles. The van der Waals surface area contributed by atoms with E-state index in [-0.39, 0.29) is 17.0 Å². The van der Waals surface area contributed by atoms with E-state index in [9.17, 15) is 0 Å². The fraction of sp³-hybridized carbons (Fsp3) is 0.280. The van der Waals surface area contributed by atoms with Gasteiger partial charge in [0.15, 0.2) is 0 Å². The quantitative estimate of drug-likeness (QED) is 0.677. The minimum absolute atomic E-state index is 0.172. The number of hydrogen-bond acceptors (Lipinski definition) is 2. The normalized spacial score (nSPS) is 33.1. The number of nitrogens with zero attached hydrogens (tertiary/aromatic N) is 2. The molecule has 2 nitrogen and oxygen atoms in total. The zero-order valence-corrected chi connectivity index (χ0v) is 16.2. The Morgan fingerprint density at radius 3 is 2.56 bits per heavy atom. The second kappa shape index (κ2) is 5.39. The Bertz CT molecular complexity index is 976. The van der Waals surface area contributed by atoms with Crippen molar-refractivity contribution in [3.63, 3.8) is 0 Å². The summed E-state index contributed by atoms with van der Waals surface area (Å²) in [5.41, 5.74) is 6.67. The average molecular weight is 354 g/mol. The van der Waals surface area contributed by atoms with Crippen molar-refractivity contribution in [3.8, 4) is 0 Å². The highest BCUT2D eigenvalue weighted by molar-refractivity contribution is 5.73. The monoisotopic (exact) mass is 354 g/mol. The third-order valence-corrected chi connectivity index (χ3v) is 7.08. The van der Waals surface area contributed by atoms with Crippen molar-refractivity contribution in [2.24, 2.45) is 5.41 Å². The standard InChI is InChI=1S/C25H26N2/c1-5-20-21(6-2)27-22-16-12-11-15-19(22)24(3)17-25(24,4)23(27)26(20)18-13-9-7-8-10-14-18/h5-7,9-16,23H,1-2,8,17H2,3-4H3. The van der Waals surface area contributed by atoms with Crippen LogP contribution in [0.4, 0.5) is 5.69 Å². The summed E-state index contributed by atoms with van der Waals surface area (Å²) in [7, 11) is 0. The van der Waals surface area contributed by atoms with Gasteiger partial charge < -0.3 is 9.80 Å². The van der Waals surface area contributed by atoms with E-state index < -0.39 is 0 Å². The van der Waals surface area contributed by atoms with Crippen LogP contribution in [0.5, 0.6) is 0 Å². The summed E-state index contributed by atoms with van der Waals surface area (Å²) in [5.74, 6) is 0. The number of benzene rings is 1. The molecule has 5 rings (SSSR count). The first-order valence-corrected chi connectivity index (χ1v) is 9.77. The summed E-state index contributed by atoms with van der Waals surface area (Å²) in [5, 5.41) is 0. The molecule has 0 radical (unpaired) electrons. The molecular weight excluding hydrogens is 328 g/mol. The molecule has 3 unspecified atom stereocenters. The summed E-state index contributed by atoms with van der Waals surface area (Å²) in [6, 6.07) is 8.89. The maximum atomic E-state index is 4.16. The number of rotatable bonds is 3. The van der Waals surface area contributed by atoms with Crippen LogP contribution in [0.1, 0.15) is 32.3 Å². The van der Waals surface area contributed by atoms with Crippen LogP contribution in [0.2, 0.25) is 0 Å². The Labute approximate surface area is 162 Å². The molecule has 1 fully saturated rings. The van der Waals surface area contributed by atoms with E-state index in [1.165, 1.54) is 23.4 Å². The van der Waals surface area contributed by atoms with Gasteiger partial charge in [-0.25, -0.2) is 0 Å². The Kier molecular flexibility index (Phi) is 3.28. The predicted octanol–water partition coefficient (Wildman–Crippen LogP) is 5.80. The van der Waals surface area contributed by atoms with Crippen molar-refractivity contribution >= 4 is 5.69 Å². The van der Waals surface area contributed by atoms with Crippen LogP contribution in [0.25, 0.3) is 0 Å². The maximum absolute atomic E-state index is 4.16. The van der Waals surface area contributed by atoms with Crippen LogP contribution in [0.3, 0.4) is 0 Å². The van der Waals surface area contributed by atoms with E-state index in [2.05, 4.69) is 91.5 Å². The predicted molar refractivity (Wildman–Crippen MR) is 113 cm³/mol. The first kappa shape index (κ1) is 16.4. The number of para-hydroxylation sites is 1. The molecule has 0 N–H and O–H groups in total. The van der Waals surface area contributed by atoms with Gasteiger partial charge in [-0.1, -0.05) is 63.4 Å². The van der Waals surface area contributed by atoms with Crippen molar-refractivity contribution in [1.29, 1.82) is 0 Å². The number of fused-ring (bicyclic) bond motifs is 6. The van der Waals surface area contributed by atoms with E-state index in [0.29, 0.717) is 0 Å². The molecule has 0 amide bonds. The Morgan fingerprint density at radius 1 is 1.04 bits per heavy atom. The molecule has 2 aliphatic heterocycles. The molecule has 1 aromatic rings. The molecule has 0 bridgehead atoms. The molecule has 4 aliphatic rings. The second-order valence-corrected chi connectivity index (χ2v) is 8.39. The fourth-order valence-electron chi connectivity index (χ4n) is 5.49. The first-order valence-electron chi connectivity index (χ1n) is 9.77. The largest absolute Gasteiger partial charge is 0.318 e. The second-order valence-electron chi connectivity index (χ2n) is 8.39. The lowest BCUT2D eigenvalue weighted by molar-refractivity contribution is 0.222. The van der Waals surface area contributed by atoms with Crippen LogP contribution in [0.15, 0.2) is 97.0 Å². The maximum Gasteiger partial charge on any atom is 0.117 e. The Morgan fingerprint density at radius 2 is 1.78 bits per heavy atom. The molecule has 0 spiro atoms. The summed E-state index contributed by atoms with van der Waals surface area (Å²) >= 11 is 0. The van der Waals surface area contributed by atoms with Crippen LogP contribution in [0, 0.1) is 5.41 Å². The number of allylic oxidation sites excluding steroid dienone is 7. The van der Waals surface area contributed by atoms with Crippen LogP contribution < -0.4 is 4.90 Å². The number of anilines is 1. The van der Waals surface area contributed by atoms with Crippen molar-refractivity contribution in [3.05, 3.63) is 103 Å². The summed E-state index contributed by atoms with van der Waals surface area (Å²) in [6.45, 7) is 13.2. The van der Waals surface area contributed by atoms with Crippen LogP contribution in [-0.4, -0.2) is 11.1 Å². The third-order valence-electron chi connectivity index (χ3n) is 7.08. The zero-order chi connectivity index (χ0) is 18.8. The van der Waals surface area contributed by atoms with E-state index >= 15 is 0 Å². The Balaban J connectivity index is 1.77. The van der Waals surface area contributed by atoms with Crippen molar-refractivity contribution in [2.75, 3.05) is 4.90 Å². The van der Waals surface area contributed by atoms with Gasteiger partial charge >= 0.3 is 0 Å². The molecule has 0 aromatic heterocycles. The molecular formula is C25H26N2. The average Bonchev–Trinajstić information content (AvgIpc) is 3.24. The van der Waals surface area contributed by atoms with Crippen molar-refractivity contribution in [2.45, 2.75) is 38.3 Å². The van der Waals surface area contributed by atoms with Gasteiger partial charge in [-0.05, 0) is 48.8 Å². The van der Waals surface area contributed by atoms with Gasteiger partial charge in [0.05, 0.1) is 11.4 Å². The zero-order valence-electron chi connectivity index (χ0n) is 16.2.